The van der Waals surface area contributed by atoms with Crippen LogP contribution in [0.1, 0.15) is 32.6 Å². The Morgan fingerprint density at radius 1 is 1.48 bits per heavy atom. The summed E-state index contributed by atoms with van der Waals surface area (Å²) in [6.45, 7) is 3.05. The first kappa shape index (κ1) is 15.6. The molecule has 1 aromatic carbocycles. The first-order valence-corrected chi connectivity index (χ1v) is 7.54. The van der Waals surface area contributed by atoms with Gasteiger partial charge in [-0.2, -0.15) is 0 Å². The minimum absolute atomic E-state index is 0.0219. The van der Waals surface area contributed by atoms with Crippen molar-refractivity contribution in [1.29, 1.82) is 0 Å². The van der Waals surface area contributed by atoms with E-state index in [9.17, 15) is 10.1 Å². The fraction of sp³-hybridized carbons (Fsp3) is 0.600. The minimum atomic E-state index is -0.375. The molecule has 3 N–H and O–H groups in total. The van der Waals surface area contributed by atoms with Crippen molar-refractivity contribution in [2.45, 2.75) is 38.6 Å². The van der Waals surface area contributed by atoms with Gasteiger partial charge in [-0.15, -0.1) is 0 Å². The number of nitro groups is 1. The van der Waals surface area contributed by atoms with Crippen molar-refractivity contribution in [1.82, 2.24) is 0 Å². The molecule has 0 radical (unpaired) electrons. The van der Waals surface area contributed by atoms with E-state index in [0.29, 0.717) is 30.5 Å². The van der Waals surface area contributed by atoms with Gasteiger partial charge < -0.3 is 15.8 Å². The van der Waals surface area contributed by atoms with Crippen molar-refractivity contribution in [3.8, 4) is 5.75 Å². The van der Waals surface area contributed by atoms with Gasteiger partial charge in [-0.3, -0.25) is 10.1 Å². The monoisotopic (exact) mass is 293 g/mol. The van der Waals surface area contributed by atoms with Gasteiger partial charge in [-0.1, -0.05) is 19.4 Å². The van der Waals surface area contributed by atoms with Crippen molar-refractivity contribution in [2.75, 3.05) is 18.5 Å². The minimum Gasteiger partial charge on any atom is -0.487 e. The van der Waals surface area contributed by atoms with E-state index in [2.05, 4.69) is 5.32 Å². The molecule has 2 rings (SSSR count). The summed E-state index contributed by atoms with van der Waals surface area (Å²) < 4.78 is 5.50. The molecule has 21 heavy (non-hydrogen) atoms. The van der Waals surface area contributed by atoms with Crippen LogP contribution in [0.4, 0.5) is 11.4 Å². The van der Waals surface area contributed by atoms with E-state index >= 15 is 0 Å². The summed E-state index contributed by atoms with van der Waals surface area (Å²) in [6.07, 6.45) is 4.00. The summed E-state index contributed by atoms with van der Waals surface area (Å²) in [4.78, 5) is 11.0. The van der Waals surface area contributed by atoms with E-state index in [1.54, 1.807) is 18.2 Å². The molecule has 1 saturated carbocycles. The number of nitrogens with two attached hydrogens (primary N) is 1. The first-order chi connectivity index (χ1) is 10.2. The Hall–Kier alpha value is -1.82. The lowest BCUT2D eigenvalue weighted by Gasteiger charge is -2.21. The predicted molar refractivity (Wildman–Crippen MR) is 82.7 cm³/mol. The highest BCUT2D eigenvalue weighted by atomic mass is 16.6. The Balaban J connectivity index is 2.23. The predicted octanol–water partition coefficient (Wildman–Crippen LogP) is 2.92. The van der Waals surface area contributed by atoms with Crippen LogP contribution >= 0.6 is 0 Å². The highest BCUT2D eigenvalue weighted by Crippen LogP contribution is 2.37. The van der Waals surface area contributed by atoms with Gasteiger partial charge in [0, 0.05) is 6.04 Å². The maximum atomic E-state index is 11.4. The van der Waals surface area contributed by atoms with Crippen LogP contribution in [0.5, 0.6) is 5.75 Å². The van der Waals surface area contributed by atoms with Crippen LogP contribution in [-0.2, 0) is 0 Å². The Bertz CT molecular complexity index is 493. The summed E-state index contributed by atoms with van der Waals surface area (Å²) in [5.41, 5.74) is 6.32. The molecule has 6 nitrogen and oxygen atoms in total. The zero-order chi connectivity index (χ0) is 15.2. The zero-order valence-electron chi connectivity index (χ0n) is 12.4. The molecule has 0 aliphatic heterocycles. The van der Waals surface area contributed by atoms with Crippen LogP contribution in [0.3, 0.4) is 0 Å². The summed E-state index contributed by atoms with van der Waals surface area (Å²) in [5, 5.41) is 14.7. The van der Waals surface area contributed by atoms with Gasteiger partial charge in [0.05, 0.1) is 11.5 Å². The van der Waals surface area contributed by atoms with E-state index < -0.39 is 0 Å². The molecule has 1 aliphatic carbocycles. The Labute approximate surface area is 124 Å². The zero-order valence-corrected chi connectivity index (χ0v) is 12.4. The first-order valence-electron chi connectivity index (χ1n) is 7.54. The average Bonchev–Trinajstić information content (AvgIpc) is 2.92. The van der Waals surface area contributed by atoms with Crippen LogP contribution in [0, 0.1) is 16.0 Å². The summed E-state index contributed by atoms with van der Waals surface area (Å²) in [6, 6.07) is 5.37. The standard InChI is InChI=1S/C15H23N3O3/c1-2-9-21-14-8-4-7-13(15(14)18(19)20)17-12-6-3-5-11(12)10-16/h4,7-8,11-12,17H,2-3,5-6,9-10,16H2,1H3. The van der Waals surface area contributed by atoms with Crippen LogP contribution in [0.25, 0.3) is 0 Å². The van der Waals surface area contributed by atoms with Gasteiger partial charge in [-0.25, -0.2) is 0 Å². The SMILES string of the molecule is CCCOc1cccc(NC2CCCC2CN)c1[N+](=O)[O-]. The smallest absolute Gasteiger partial charge is 0.333 e. The highest BCUT2D eigenvalue weighted by molar-refractivity contribution is 5.68. The largest absolute Gasteiger partial charge is 0.487 e. The van der Waals surface area contributed by atoms with E-state index in [0.717, 1.165) is 25.7 Å². The number of ether oxygens (including phenoxy) is 1. The number of benzene rings is 1. The third-order valence-corrected chi connectivity index (χ3v) is 3.95. The molecular formula is C15H23N3O3. The lowest BCUT2D eigenvalue weighted by atomic mass is 10.0. The number of nitrogens with one attached hydrogen (secondary N) is 1. The molecule has 0 aromatic heterocycles. The summed E-state index contributed by atoms with van der Waals surface area (Å²) in [7, 11) is 0. The number of rotatable bonds is 7. The van der Waals surface area contributed by atoms with Crippen molar-refractivity contribution < 1.29 is 9.66 Å². The molecule has 0 amide bonds. The molecule has 0 spiro atoms. The van der Waals surface area contributed by atoms with Crippen LogP contribution in [0.2, 0.25) is 0 Å². The van der Waals surface area contributed by atoms with Crippen LogP contribution < -0.4 is 15.8 Å². The van der Waals surface area contributed by atoms with E-state index in [1.165, 1.54) is 0 Å². The molecule has 0 saturated heterocycles. The third-order valence-electron chi connectivity index (χ3n) is 3.95. The highest BCUT2D eigenvalue weighted by Gasteiger charge is 2.29. The third kappa shape index (κ3) is 3.64. The average molecular weight is 293 g/mol. The molecule has 116 valence electrons. The lowest BCUT2D eigenvalue weighted by molar-refractivity contribution is -0.385. The second-order valence-corrected chi connectivity index (χ2v) is 5.44. The van der Waals surface area contributed by atoms with Gasteiger partial charge in [-0.05, 0) is 43.9 Å². The molecule has 0 bridgehead atoms. The molecule has 1 fully saturated rings. The fourth-order valence-electron chi connectivity index (χ4n) is 2.86. The number of hydrogen-bond donors (Lipinski definition) is 2. The summed E-state index contributed by atoms with van der Waals surface area (Å²) in [5.74, 6) is 0.707. The van der Waals surface area contributed by atoms with Gasteiger partial charge in [0.25, 0.3) is 0 Å². The van der Waals surface area contributed by atoms with E-state index in [1.807, 2.05) is 6.92 Å². The molecule has 2 unspecified atom stereocenters. The van der Waals surface area contributed by atoms with E-state index in [-0.39, 0.29) is 16.7 Å². The van der Waals surface area contributed by atoms with Gasteiger partial charge in [0.15, 0.2) is 5.75 Å². The van der Waals surface area contributed by atoms with Crippen molar-refractivity contribution >= 4 is 11.4 Å². The second kappa shape index (κ2) is 7.26. The summed E-state index contributed by atoms with van der Waals surface area (Å²) >= 11 is 0. The van der Waals surface area contributed by atoms with Crippen molar-refractivity contribution in [2.24, 2.45) is 11.7 Å². The fourth-order valence-corrected chi connectivity index (χ4v) is 2.86. The molecule has 2 atom stereocenters. The maximum Gasteiger partial charge on any atom is 0.333 e. The Kier molecular flexibility index (Phi) is 5.38. The number of anilines is 1. The van der Waals surface area contributed by atoms with Gasteiger partial charge >= 0.3 is 5.69 Å². The topological polar surface area (TPSA) is 90.4 Å². The molecule has 6 heteroatoms. The number of nitrogens with zero attached hydrogens (tertiary/aromatic N) is 1. The van der Waals surface area contributed by atoms with Gasteiger partial charge in [0.1, 0.15) is 5.69 Å². The van der Waals surface area contributed by atoms with Crippen molar-refractivity contribution in [3.63, 3.8) is 0 Å². The quantitative estimate of drug-likeness (QED) is 0.596. The molecular weight excluding hydrogens is 270 g/mol. The molecule has 1 aromatic rings. The Morgan fingerprint density at radius 3 is 2.95 bits per heavy atom. The molecule has 0 heterocycles. The van der Waals surface area contributed by atoms with Crippen molar-refractivity contribution in [3.05, 3.63) is 28.3 Å². The number of nitro benzene ring substituents is 1. The normalized spacial score (nSPS) is 21.2. The maximum absolute atomic E-state index is 11.4. The molecule has 1 aliphatic rings. The van der Waals surface area contributed by atoms with Crippen LogP contribution in [-0.4, -0.2) is 24.1 Å². The number of hydrogen-bond acceptors (Lipinski definition) is 5. The Morgan fingerprint density at radius 2 is 2.29 bits per heavy atom. The second-order valence-electron chi connectivity index (χ2n) is 5.44. The lowest BCUT2D eigenvalue weighted by Crippen LogP contribution is -2.29. The van der Waals surface area contributed by atoms with E-state index in [4.69, 9.17) is 10.5 Å². The number of para-hydroxylation sites is 1. The van der Waals surface area contributed by atoms with Gasteiger partial charge in [0.2, 0.25) is 0 Å². The van der Waals surface area contributed by atoms with Crippen LogP contribution in [0.15, 0.2) is 18.2 Å².